The molecule has 0 spiro atoms. The van der Waals surface area contributed by atoms with E-state index < -0.39 is 0 Å². The lowest BCUT2D eigenvalue weighted by molar-refractivity contribution is 0.608. The van der Waals surface area contributed by atoms with Crippen LogP contribution in [-0.4, -0.2) is 12.6 Å². The van der Waals surface area contributed by atoms with E-state index in [-0.39, 0.29) is 11.9 Å². The van der Waals surface area contributed by atoms with Crippen LogP contribution in [0.3, 0.4) is 0 Å². The van der Waals surface area contributed by atoms with Gasteiger partial charge in [-0.15, -0.1) is 0 Å². The van der Waals surface area contributed by atoms with Gasteiger partial charge >= 0.3 is 0 Å². The molecule has 0 aliphatic rings. The molecule has 3 heteroatoms. The molecule has 2 nitrogen and oxygen atoms in total. The normalized spacial score (nSPS) is 12.9. The fraction of sp³-hybridized carbons (Fsp3) is 0.600. The van der Waals surface area contributed by atoms with Gasteiger partial charge in [-0.3, -0.25) is 0 Å². The lowest BCUT2D eigenvalue weighted by Gasteiger charge is -2.32. The number of benzene rings is 1. The Morgan fingerprint density at radius 1 is 1.28 bits per heavy atom. The molecule has 1 aromatic carbocycles. The summed E-state index contributed by atoms with van der Waals surface area (Å²) in [6.07, 6.45) is 1.06. The number of halogens is 1. The Morgan fingerprint density at radius 3 is 2.33 bits per heavy atom. The molecule has 0 aromatic heterocycles. The minimum absolute atomic E-state index is 0.159. The van der Waals surface area contributed by atoms with Crippen molar-refractivity contribution in [3.05, 3.63) is 29.1 Å². The van der Waals surface area contributed by atoms with Crippen LogP contribution in [0, 0.1) is 12.7 Å². The van der Waals surface area contributed by atoms with Gasteiger partial charge < -0.3 is 10.6 Å². The molecule has 2 N–H and O–H groups in total. The zero-order valence-corrected chi connectivity index (χ0v) is 12.1. The first-order valence-electron chi connectivity index (χ1n) is 6.70. The van der Waals surface area contributed by atoms with Crippen molar-refractivity contribution in [1.29, 1.82) is 0 Å². The molecule has 0 bridgehead atoms. The monoisotopic (exact) mass is 252 g/mol. The topological polar surface area (TPSA) is 29.3 Å². The molecule has 0 heterocycles. The number of nitrogens with two attached hydrogens (primary N) is 1. The summed E-state index contributed by atoms with van der Waals surface area (Å²) >= 11 is 0. The highest BCUT2D eigenvalue weighted by Gasteiger charge is 2.17. The first kappa shape index (κ1) is 15.0. The number of hydrogen-bond acceptors (Lipinski definition) is 2. The molecule has 1 atom stereocenters. The van der Waals surface area contributed by atoms with Crippen molar-refractivity contribution in [2.75, 3.05) is 11.4 Å². The number of nitrogens with zero attached hydrogens (tertiary/aromatic N) is 1. The van der Waals surface area contributed by atoms with Gasteiger partial charge in [0.15, 0.2) is 0 Å². The van der Waals surface area contributed by atoms with E-state index in [1.165, 1.54) is 0 Å². The van der Waals surface area contributed by atoms with Crippen molar-refractivity contribution in [1.82, 2.24) is 0 Å². The number of hydrogen-bond donors (Lipinski definition) is 1. The van der Waals surface area contributed by atoms with Crippen LogP contribution in [-0.2, 0) is 0 Å². The highest BCUT2D eigenvalue weighted by atomic mass is 19.1. The second-order valence-corrected chi connectivity index (χ2v) is 5.24. The Hall–Kier alpha value is -1.09. The van der Waals surface area contributed by atoms with Gasteiger partial charge in [-0.05, 0) is 57.4 Å². The summed E-state index contributed by atoms with van der Waals surface area (Å²) in [4.78, 5) is 2.30. The highest BCUT2D eigenvalue weighted by Crippen LogP contribution is 2.29. The molecular weight excluding hydrogens is 227 g/mol. The molecule has 0 amide bonds. The van der Waals surface area contributed by atoms with Gasteiger partial charge in [-0.2, -0.15) is 0 Å². The quantitative estimate of drug-likeness (QED) is 0.864. The Kier molecular flexibility index (Phi) is 5.15. The first-order chi connectivity index (χ1) is 8.38. The molecule has 0 fully saturated rings. The van der Waals surface area contributed by atoms with E-state index >= 15 is 0 Å². The maximum absolute atomic E-state index is 13.7. The lowest BCUT2D eigenvalue weighted by Crippen LogP contribution is -2.33. The summed E-state index contributed by atoms with van der Waals surface area (Å²) in [5, 5.41) is 0. The number of aryl methyl sites for hydroxylation is 1. The molecule has 0 radical (unpaired) electrons. The van der Waals surface area contributed by atoms with E-state index in [2.05, 4.69) is 25.7 Å². The van der Waals surface area contributed by atoms with Gasteiger partial charge in [0.25, 0.3) is 0 Å². The van der Waals surface area contributed by atoms with E-state index in [0.717, 1.165) is 24.2 Å². The van der Waals surface area contributed by atoms with E-state index in [4.69, 9.17) is 5.73 Å². The summed E-state index contributed by atoms with van der Waals surface area (Å²) in [6, 6.07) is 3.73. The Bertz CT molecular complexity index is 400. The molecule has 1 aromatic rings. The zero-order chi connectivity index (χ0) is 13.9. The third-order valence-corrected chi connectivity index (χ3v) is 3.20. The number of anilines is 1. The Labute approximate surface area is 110 Å². The predicted octanol–water partition coefficient (Wildman–Crippen LogP) is 3.78. The molecule has 0 aliphatic carbocycles. The van der Waals surface area contributed by atoms with Crippen LogP contribution in [0.1, 0.15) is 51.3 Å². The van der Waals surface area contributed by atoms with Crippen molar-refractivity contribution < 1.29 is 4.39 Å². The summed E-state index contributed by atoms with van der Waals surface area (Å²) in [7, 11) is 0. The van der Waals surface area contributed by atoms with Gasteiger partial charge in [0.1, 0.15) is 5.82 Å². The third-order valence-electron chi connectivity index (χ3n) is 3.20. The van der Waals surface area contributed by atoms with Crippen molar-refractivity contribution in [3.63, 3.8) is 0 Å². The number of rotatable bonds is 5. The molecule has 18 heavy (non-hydrogen) atoms. The summed E-state index contributed by atoms with van der Waals surface area (Å²) in [5.41, 5.74) is 8.61. The minimum Gasteiger partial charge on any atom is -0.369 e. The third kappa shape index (κ3) is 3.22. The lowest BCUT2D eigenvalue weighted by atomic mass is 10.0. The van der Waals surface area contributed by atoms with Crippen LogP contribution in [0.5, 0.6) is 0 Å². The van der Waals surface area contributed by atoms with E-state index in [0.29, 0.717) is 11.6 Å². The fourth-order valence-corrected chi connectivity index (χ4v) is 2.19. The molecule has 102 valence electrons. The minimum atomic E-state index is -0.175. The van der Waals surface area contributed by atoms with Gasteiger partial charge in [-0.1, -0.05) is 6.92 Å². The van der Waals surface area contributed by atoms with Gasteiger partial charge in [0.05, 0.1) is 0 Å². The standard InChI is InChI=1S/C15H25FN2/c1-6-7-18(10(2)3)15-8-11(4)14(16)9-13(15)12(5)17/h8-10,12H,6-7,17H2,1-5H3/t12-/m1/s1. The van der Waals surface area contributed by atoms with E-state index in [9.17, 15) is 4.39 Å². The predicted molar refractivity (Wildman–Crippen MR) is 76.5 cm³/mol. The van der Waals surface area contributed by atoms with E-state index in [1.54, 1.807) is 13.0 Å². The van der Waals surface area contributed by atoms with Crippen molar-refractivity contribution in [2.24, 2.45) is 5.73 Å². The van der Waals surface area contributed by atoms with E-state index in [1.807, 2.05) is 13.0 Å². The van der Waals surface area contributed by atoms with Gasteiger partial charge in [-0.25, -0.2) is 4.39 Å². The van der Waals surface area contributed by atoms with Crippen molar-refractivity contribution >= 4 is 5.69 Å². The van der Waals surface area contributed by atoms with Crippen LogP contribution < -0.4 is 10.6 Å². The molecule has 0 unspecified atom stereocenters. The maximum Gasteiger partial charge on any atom is 0.126 e. The van der Waals surface area contributed by atoms with Gasteiger partial charge in [0, 0.05) is 24.3 Å². The largest absolute Gasteiger partial charge is 0.369 e. The van der Waals surface area contributed by atoms with Crippen LogP contribution in [0.4, 0.5) is 10.1 Å². The van der Waals surface area contributed by atoms with Crippen LogP contribution >= 0.6 is 0 Å². The second-order valence-electron chi connectivity index (χ2n) is 5.24. The Morgan fingerprint density at radius 2 is 1.89 bits per heavy atom. The van der Waals surface area contributed by atoms with Crippen LogP contribution in [0.2, 0.25) is 0 Å². The molecule has 0 aliphatic heterocycles. The zero-order valence-electron chi connectivity index (χ0n) is 12.1. The fourth-order valence-electron chi connectivity index (χ4n) is 2.19. The Balaban J connectivity index is 3.30. The van der Waals surface area contributed by atoms with Crippen LogP contribution in [0.15, 0.2) is 12.1 Å². The molecule has 1 rings (SSSR count). The SMILES string of the molecule is CCCN(c1cc(C)c(F)cc1[C@@H](C)N)C(C)C. The van der Waals surface area contributed by atoms with Crippen molar-refractivity contribution in [2.45, 2.75) is 53.1 Å². The average molecular weight is 252 g/mol. The molecule has 0 saturated carbocycles. The van der Waals surface area contributed by atoms with Gasteiger partial charge in [0.2, 0.25) is 0 Å². The average Bonchev–Trinajstić information content (AvgIpc) is 2.28. The molecule has 0 saturated heterocycles. The smallest absolute Gasteiger partial charge is 0.126 e. The first-order valence-corrected chi connectivity index (χ1v) is 6.70. The highest BCUT2D eigenvalue weighted by molar-refractivity contribution is 5.57. The maximum atomic E-state index is 13.7. The van der Waals surface area contributed by atoms with Crippen molar-refractivity contribution in [3.8, 4) is 0 Å². The van der Waals surface area contributed by atoms with Crippen LogP contribution in [0.25, 0.3) is 0 Å². The second kappa shape index (κ2) is 6.19. The summed E-state index contributed by atoms with van der Waals surface area (Å²) in [6.45, 7) is 11.1. The molecular formula is C15H25FN2. The summed E-state index contributed by atoms with van der Waals surface area (Å²) in [5.74, 6) is -0.175. The summed E-state index contributed by atoms with van der Waals surface area (Å²) < 4.78 is 13.7.